The summed E-state index contributed by atoms with van der Waals surface area (Å²) in [5.74, 6) is 0.251. The number of amides is 1. The topological polar surface area (TPSA) is 32.3 Å². The van der Waals surface area contributed by atoms with Crippen LogP contribution in [-0.2, 0) is 4.79 Å². The molecule has 1 aliphatic rings. The van der Waals surface area contributed by atoms with Crippen molar-refractivity contribution < 1.29 is 4.79 Å². The van der Waals surface area contributed by atoms with Gasteiger partial charge in [-0.3, -0.25) is 4.79 Å². The molecule has 3 heteroatoms. The fourth-order valence-corrected chi connectivity index (χ4v) is 2.13. The number of nitrogens with one attached hydrogen (secondary N) is 1. The molecule has 86 valence electrons. The van der Waals surface area contributed by atoms with Crippen molar-refractivity contribution in [3.8, 4) is 0 Å². The minimum absolute atomic E-state index is 0.172. The number of carbonyl (C=O) groups is 1. The van der Waals surface area contributed by atoms with Crippen LogP contribution in [0.25, 0.3) is 0 Å². The molecule has 16 heavy (non-hydrogen) atoms. The van der Waals surface area contributed by atoms with E-state index in [0.717, 1.165) is 19.6 Å². The summed E-state index contributed by atoms with van der Waals surface area (Å²) in [6.07, 6.45) is 0.567. The normalized spacial score (nSPS) is 21.9. The van der Waals surface area contributed by atoms with Gasteiger partial charge in [-0.15, -0.1) is 0 Å². The number of hydrogen-bond acceptors (Lipinski definition) is 2. The van der Waals surface area contributed by atoms with Gasteiger partial charge in [-0.2, -0.15) is 0 Å². The SMILES string of the molecule is CCN1CCNC(c2ccccc2)CC1=O. The Kier molecular flexibility index (Phi) is 3.57. The summed E-state index contributed by atoms with van der Waals surface area (Å²) in [5.41, 5.74) is 1.20. The third-order valence-electron chi connectivity index (χ3n) is 3.09. The summed E-state index contributed by atoms with van der Waals surface area (Å²) in [5, 5.41) is 3.43. The van der Waals surface area contributed by atoms with Crippen LogP contribution in [0.3, 0.4) is 0 Å². The van der Waals surface area contributed by atoms with Gasteiger partial charge in [0.15, 0.2) is 0 Å². The number of rotatable bonds is 2. The van der Waals surface area contributed by atoms with E-state index in [1.165, 1.54) is 5.56 Å². The van der Waals surface area contributed by atoms with Gasteiger partial charge in [0, 0.05) is 32.1 Å². The molecule has 1 heterocycles. The average Bonchev–Trinajstić information content (AvgIpc) is 2.52. The van der Waals surface area contributed by atoms with E-state index in [-0.39, 0.29) is 11.9 Å². The van der Waals surface area contributed by atoms with Crippen LogP contribution in [0.1, 0.15) is 24.9 Å². The molecule has 1 aromatic rings. The van der Waals surface area contributed by atoms with E-state index in [4.69, 9.17) is 0 Å². The van der Waals surface area contributed by atoms with Crippen LogP contribution in [0.5, 0.6) is 0 Å². The second-order valence-electron chi connectivity index (χ2n) is 4.09. The van der Waals surface area contributed by atoms with Crippen LogP contribution >= 0.6 is 0 Å². The van der Waals surface area contributed by atoms with Crippen molar-refractivity contribution in [3.05, 3.63) is 35.9 Å². The van der Waals surface area contributed by atoms with Gasteiger partial charge in [0.2, 0.25) is 5.91 Å². The fraction of sp³-hybridized carbons (Fsp3) is 0.462. The zero-order valence-corrected chi connectivity index (χ0v) is 9.65. The lowest BCUT2D eigenvalue weighted by Gasteiger charge is -2.17. The van der Waals surface area contributed by atoms with Crippen molar-refractivity contribution in [1.29, 1.82) is 0 Å². The molecule has 1 amide bonds. The summed E-state index contributed by atoms with van der Waals surface area (Å²) in [6, 6.07) is 10.4. The van der Waals surface area contributed by atoms with E-state index in [9.17, 15) is 4.79 Å². The van der Waals surface area contributed by atoms with Crippen LogP contribution in [-0.4, -0.2) is 30.4 Å². The highest BCUT2D eigenvalue weighted by Gasteiger charge is 2.22. The molecular formula is C13H18N2O. The van der Waals surface area contributed by atoms with Crippen LogP contribution in [0, 0.1) is 0 Å². The zero-order chi connectivity index (χ0) is 11.4. The van der Waals surface area contributed by atoms with Crippen molar-refractivity contribution in [3.63, 3.8) is 0 Å². The van der Waals surface area contributed by atoms with Gasteiger partial charge < -0.3 is 10.2 Å². The minimum Gasteiger partial charge on any atom is -0.342 e. The molecule has 1 N–H and O–H groups in total. The van der Waals surface area contributed by atoms with E-state index >= 15 is 0 Å². The van der Waals surface area contributed by atoms with Crippen molar-refractivity contribution in [2.45, 2.75) is 19.4 Å². The summed E-state index contributed by atoms with van der Waals surface area (Å²) < 4.78 is 0. The highest BCUT2D eigenvalue weighted by Crippen LogP contribution is 2.19. The maximum absolute atomic E-state index is 11.9. The highest BCUT2D eigenvalue weighted by molar-refractivity contribution is 5.77. The molecule has 0 aliphatic carbocycles. The summed E-state index contributed by atoms with van der Waals surface area (Å²) in [7, 11) is 0. The molecule has 0 spiro atoms. The molecule has 1 fully saturated rings. The zero-order valence-electron chi connectivity index (χ0n) is 9.65. The first kappa shape index (κ1) is 11.1. The van der Waals surface area contributed by atoms with Gasteiger partial charge in [0.25, 0.3) is 0 Å². The third kappa shape index (κ3) is 2.42. The van der Waals surface area contributed by atoms with Gasteiger partial charge >= 0.3 is 0 Å². The Labute approximate surface area is 96.5 Å². The minimum atomic E-state index is 0.172. The van der Waals surface area contributed by atoms with E-state index < -0.39 is 0 Å². The second-order valence-corrected chi connectivity index (χ2v) is 4.09. The smallest absolute Gasteiger partial charge is 0.224 e. The number of likely N-dealkylation sites (N-methyl/N-ethyl adjacent to an activating group) is 1. The summed E-state index contributed by atoms with van der Waals surface area (Å²) in [6.45, 7) is 4.53. The Bertz CT molecular complexity index is 350. The lowest BCUT2D eigenvalue weighted by atomic mass is 10.0. The fourth-order valence-electron chi connectivity index (χ4n) is 2.13. The number of hydrogen-bond donors (Lipinski definition) is 1. The maximum atomic E-state index is 11.9. The Morgan fingerprint density at radius 3 is 2.81 bits per heavy atom. The van der Waals surface area contributed by atoms with Crippen LogP contribution < -0.4 is 5.32 Å². The highest BCUT2D eigenvalue weighted by atomic mass is 16.2. The quantitative estimate of drug-likeness (QED) is 0.817. The van der Waals surface area contributed by atoms with Crippen molar-refractivity contribution in [2.75, 3.05) is 19.6 Å². The first-order valence-electron chi connectivity index (χ1n) is 5.87. The van der Waals surface area contributed by atoms with Crippen LogP contribution in [0.4, 0.5) is 0 Å². The molecule has 1 aromatic carbocycles. The predicted octanol–water partition coefficient (Wildman–Crippen LogP) is 1.57. The maximum Gasteiger partial charge on any atom is 0.224 e. The van der Waals surface area contributed by atoms with E-state index in [2.05, 4.69) is 17.4 Å². The largest absolute Gasteiger partial charge is 0.342 e. The Balaban J connectivity index is 2.10. The van der Waals surface area contributed by atoms with Crippen LogP contribution in [0.15, 0.2) is 30.3 Å². The molecule has 1 unspecified atom stereocenters. The lowest BCUT2D eigenvalue weighted by Crippen LogP contribution is -2.31. The standard InChI is InChI=1S/C13H18N2O/c1-2-15-9-8-14-12(10-13(15)16)11-6-4-3-5-7-11/h3-7,12,14H,2,8-10H2,1H3. The molecule has 0 aromatic heterocycles. The first-order chi connectivity index (χ1) is 7.81. The van der Waals surface area contributed by atoms with Gasteiger partial charge in [-0.25, -0.2) is 0 Å². The molecular weight excluding hydrogens is 200 g/mol. The van der Waals surface area contributed by atoms with E-state index in [0.29, 0.717) is 6.42 Å². The van der Waals surface area contributed by atoms with E-state index in [1.54, 1.807) is 0 Å². The van der Waals surface area contributed by atoms with Gasteiger partial charge in [0.1, 0.15) is 0 Å². The molecule has 0 saturated carbocycles. The third-order valence-corrected chi connectivity index (χ3v) is 3.09. The van der Waals surface area contributed by atoms with Crippen molar-refractivity contribution in [2.24, 2.45) is 0 Å². The number of nitrogens with zero attached hydrogens (tertiary/aromatic N) is 1. The molecule has 0 bridgehead atoms. The molecule has 2 rings (SSSR count). The van der Waals surface area contributed by atoms with Gasteiger partial charge in [0.05, 0.1) is 0 Å². The summed E-state index contributed by atoms with van der Waals surface area (Å²) in [4.78, 5) is 13.8. The molecule has 1 aliphatic heterocycles. The molecule has 1 saturated heterocycles. The number of benzene rings is 1. The Morgan fingerprint density at radius 1 is 1.38 bits per heavy atom. The van der Waals surface area contributed by atoms with Gasteiger partial charge in [-0.1, -0.05) is 30.3 Å². The first-order valence-corrected chi connectivity index (χ1v) is 5.87. The number of carbonyl (C=O) groups excluding carboxylic acids is 1. The molecule has 1 atom stereocenters. The second kappa shape index (κ2) is 5.12. The average molecular weight is 218 g/mol. The monoisotopic (exact) mass is 218 g/mol. The Hall–Kier alpha value is -1.35. The van der Waals surface area contributed by atoms with Gasteiger partial charge in [-0.05, 0) is 12.5 Å². The summed E-state index contributed by atoms with van der Waals surface area (Å²) >= 11 is 0. The molecule has 3 nitrogen and oxygen atoms in total. The predicted molar refractivity (Wildman–Crippen MR) is 64.1 cm³/mol. The van der Waals surface area contributed by atoms with Crippen molar-refractivity contribution >= 4 is 5.91 Å². The Morgan fingerprint density at radius 2 is 2.12 bits per heavy atom. The lowest BCUT2D eigenvalue weighted by molar-refractivity contribution is -0.130. The molecule has 0 radical (unpaired) electrons. The van der Waals surface area contributed by atoms with Crippen molar-refractivity contribution in [1.82, 2.24) is 10.2 Å². The van der Waals surface area contributed by atoms with E-state index in [1.807, 2.05) is 30.0 Å². The van der Waals surface area contributed by atoms with Crippen LogP contribution in [0.2, 0.25) is 0 Å².